The average Bonchev–Trinajstić information content (AvgIpc) is 2.81. The van der Waals surface area contributed by atoms with E-state index < -0.39 is 0 Å². The van der Waals surface area contributed by atoms with Crippen LogP contribution in [0.4, 0.5) is 5.69 Å². The molecular formula is C10H13N5OS. The van der Waals surface area contributed by atoms with Crippen molar-refractivity contribution in [1.82, 2.24) is 20.1 Å². The van der Waals surface area contributed by atoms with Crippen molar-refractivity contribution >= 4 is 22.9 Å². The van der Waals surface area contributed by atoms with Crippen LogP contribution < -0.4 is 11.1 Å². The van der Waals surface area contributed by atoms with E-state index in [2.05, 4.69) is 15.4 Å². The fourth-order valence-electron chi connectivity index (χ4n) is 1.41. The van der Waals surface area contributed by atoms with Gasteiger partial charge < -0.3 is 11.1 Å². The molecule has 0 aliphatic heterocycles. The van der Waals surface area contributed by atoms with Gasteiger partial charge >= 0.3 is 0 Å². The summed E-state index contributed by atoms with van der Waals surface area (Å²) in [6.45, 7) is 2.37. The van der Waals surface area contributed by atoms with Crippen molar-refractivity contribution in [3.63, 3.8) is 0 Å². The maximum absolute atomic E-state index is 11.8. The second-order valence-corrected chi connectivity index (χ2v) is 4.97. The maximum atomic E-state index is 11.8. The van der Waals surface area contributed by atoms with Crippen molar-refractivity contribution < 1.29 is 4.79 Å². The monoisotopic (exact) mass is 251 g/mol. The van der Waals surface area contributed by atoms with E-state index in [1.54, 1.807) is 30.8 Å². The zero-order valence-electron chi connectivity index (χ0n) is 9.60. The Hall–Kier alpha value is -1.89. The zero-order valence-corrected chi connectivity index (χ0v) is 10.4. The first-order chi connectivity index (χ1) is 8.06. The summed E-state index contributed by atoms with van der Waals surface area (Å²) in [5.74, 6) is -0.282. The van der Waals surface area contributed by atoms with Crippen molar-refractivity contribution in [1.29, 1.82) is 0 Å². The Morgan fingerprint density at radius 2 is 2.41 bits per heavy atom. The summed E-state index contributed by atoms with van der Waals surface area (Å²) in [5, 5.41) is 7.59. The standard InChI is InChI=1S/C10H13N5OS/c1-6-3-12-8(17-6)4-13-10(16)9-7(11)5-15(2)14-9/h3,5H,4,11H2,1-2H3,(H,13,16). The molecule has 0 atom stereocenters. The third-order valence-corrected chi connectivity index (χ3v) is 3.05. The van der Waals surface area contributed by atoms with Gasteiger partial charge in [0.25, 0.3) is 5.91 Å². The molecule has 0 bridgehead atoms. The highest BCUT2D eigenvalue weighted by Crippen LogP contribution is 2.12. The summed E-state index contributed by atoms with van der Waals surface area (Å²) in [6, 6.07) is 0. The zero-order chi connectivity index (χ0) is 12.4. The van der Waals surface area contributed by atoms with Crippen molar-refractivity contribution in [2.75, 3.05) is 5.73 Å². The Labute approximate surface area is 102 Å². The van der Waals surface area contributed by atoms with Crippen LogP contribution in [0.1, 0.15) is 20.4 Å². The Bertz CT molecular complexity index is 545. The molecule has 7 heteroatoms. The Morgan fingerprint density at radius 3 is 2.94 bits per heavy atom. The molecule has 1 amide bonds. The van der Waals surface area contributed by atoms with E-state index in [4.69, 9.17) is 5.73 Å². The number of carbonyl (C=O) groups is 1. The highest BCUT2D eigenvalue weighted by atomic mass is 32.1. The number of thiazole rings is 1. The largest absolute Gasteiger partial charge is 0.396 e. The Balaban J connectivity index is 2.00. The highest BCUT2D eigenvalue weighted by Gasteiger charge is 2.13. The SMILES string of the molecule is Cc1cnc(CNC(=O)c2nn(C)cc2N)s1. The van der Waals surface area contributed by atoms with Crippen molar-refractivity contribution in [2.24, 2.45) is 7.05 Å². The first-order valence-corrected chi connectivity index (χ1v) is 5.86. The van der Waals surface area contributed by atoms with Gasteiger partial charge in [0.15, 0.2) is 5.69 Å². The maximum Gasteiger partial charge on any atom is 0.274 e. The van der Waals surface area contributed by atoms with Gasteiger partial charge in [-0.15, -0.1) is 11.3 Å². The quantitative estimate of drug-likeness (QED) is 0.840. The van der Waals surface area contributed by atoms with Crippen LogP contribution in [0, 0.1) is 6.92 Å². The lowest BCUT2D eigenvalue weighted by atomic mass is 10.3. The van der Waals surface area contributed by atoms with Crippen LogP contribution >= 0.6 is 11.3 Å². The molecule has 2 aromatic heterocycles. The lowest BCUT2D eigenvalue weighted by Gasteiger charge is -2.00. The average molecular weight is 251 g/mol. The number of rotatable bonds is 3. The molecule has 0 aliphatic carbocycles. The molecule has 3 N–H and O–H groups in total. The normalized spacial score (nSPS) is 10.5. The Kier molecular flexibility index (Phi) is 3.10. The van der Waals surface area contributed by atoms with E-state index in [1.807, 2.05) is 6.92 Å². The summed E-state index contributed by atoms with van der Waals surface area (Å²) in [7, 11) is 1.72. The molecule has 0 aromatic carbocycles. The van der Waals surface area contributed by atoms with Gasteiger partial charge in [-0.3, -0.25) is 9.48 Å². The predicted octanol–water partition coefficient (Wildman–Crippen LogP) is 0.697. The van der Waals surface area contributed by atoms with E-state index in [9.17, 15) is 4.79 Å². The number of nitrogens with one attached hydrogen (secondary N) is 1. The molecular weight excluding hydrogens is 238 g/mol. The van der Waals surface area contributed by atoms with Gasteiger partial charge in [0.1, 0.15) is 5.01 Å². The molecule has 2 rings (SSSR count). The summed E-state index contributed by atoms with van der Waals surface area (Å²) < 4.78 is 1.51. The van der Waals surface area contributed by atoms with Gasteiger partial charge in [-0.05, 0) is 6.92 Å². The molecule has 2 aromatic rings. The summed E-state index contributed by atoms with van der Waals surface area (Å²) >= 11 is 1.55. The van der Waals surface area contributed by atoms with E-state index in [1.165, 1.54) is 4.68 Å². The summed E-state index contributed by atoms with van der Waals surface area (Å²) in [6.07, 6.45) is 3.38. The second-order valence-electron chi connectivity index (χ2n) is 3.65. The minimum absolute atomic E-state index is 0.251. The van der Waals surface area contributed by atoms with E-state index in [0.29, 0.717) is 12.2 Å². The van der Waals surface area contributed by atoms with E-state index in [0.717, 1.165) is 9.88 Å². The smallest absolute Gasteiger partial charge is 0.274 e. The number of hydrogen-bond acceptors (Lipinski definition) is 5. The van der Waals surface area contributed by atoms with Crippen LogP contribution in [0.15, 0.2) is 12.4 Å². The molecule has 2 heterocycles. The molecule has 0 saturated carbocycles. The number of hydrogen-bond donors (Lipinski definition) is 2. The van der Waals surface area contributed by atoms with Gasteiger partial charge in [0, 0.05) is 24.3 Å². The first kappa shape index (κ1) is 11.6. The topological polar surface area (TPSA) is 85.8 Å². The third-order valence-electron chi connectivity index (χ3n) is 2.14. The number of nitrogens with zero attached hydrogens (tertiary/aromatic N) is 3. The van der Waals surface area contributed by atoms with Crippen LogP contribution in [0.25, 0.3) is 0 Å². The molecule has 0 spiro atoms. The van der Waals surface area contributed by atoms with Crippen molar-refractivity contribution in [2.45, 2.75) is 13.5 Å². The van der Waals surface area contributed by atoms with Crippen LogP contribution in [-0.4, -0.2) is 20.7 Å². The number of carbonyl (C=O) groups excluding carboxylic acids is 1. The minimum Gasteiger partial charge on any atom is -0.396 e. The fraction of sp³-hybridized carbons (Fsp3) is 0.300. The van der Waals surface area contributed by atoms with Gasteiger partial charge in [-0.25, -0.2) is 4.98 Å². The van der Waals surface area contributed by atoms with Crippen molar-refractivity contribution in [3.8, 4) is 0 Å². The first-order valence-electron chi connectivity index (χ1n) is 5.05. The molecule has 0 radical (unpaired) electrons. The minimum atomic E-state index is -0.282. The number of aryl methyl sites for hydroxylation is 2. The molecule has 0 fully saturated rings. The number of aromatic nitrogens is 3. The fourth-order valence-corrected chi connectivity index (χ4v) is 2.13. The Morgan fingerprint density at radius 1 is 1.65 bits per heavy atom. The van der Waals surface area contributed by atoms with Gasteiger partial charge in [-0.1, -0.05) is 0 Å². The number of amides is 1. The van der Waals surface area contributed by atoms with Crippen LogP contribution in [0.3, 0.4) is 0 Å². The lowest BCUT2D eigenvalue weighted by Crippen LogP contribution is -2.24. The molecule has 0 saturated heterocycles. The summed E-state index contributed by atoms with van der Waals surface area (Å²) in [4.78, 5) is 17.0. The molecule has 0 aliphatic rings. The lowest BCUT2D eigenvalue weighted by molar-refractivity contribution is 0.0946. The second kappa shape index (κ2) is 4.54. The van der Waals surface area contributed by atoms with Gasteiger partial charge in [0.2, 0.25) is 0 Å². The van der Waals surface area contributed by atoms with Crippen LogP contribution in [0.2, 0.25) is 0 Å². The van der Waals surface area contributed by atoms with E-state index in [-0.39, 0.29) is 11.6 Å². The van der Waals surface area contributed by atoms with Crippen LogP contribution in [-0.2, 0) is 13.6 Å². The third kappa shape index (κ3) is 2.62. The van der Waals surface area contributed by atoms with Crippen LogP contribution in [0.5, 0.6) is 0 Å². The summed E-state index contributed by atoms with van der Waals surface area (Å²) in [5.41, 5.74) is 6.28. The number of anilines is 1. The molecule has 0 unspecified atom stereocenters. The molecule has 90 valence electrons. The van der Waals surface area contributed by atoms with Crippen molar-refractivity contribution in [3.05, 3.63) is 28.0 Å². The molecule has 17 heavy (non-hydrogen) atoms. The number of nitrogens with two attached hydrogens (primary N) is 1. The molecule has 6 nitrogen and oxygen atoms in total. The van der Waals surface area contributed by atoms with E-state index >= 15 is 0 Å². The predicted molar refractivity (Wildman–Crippen MR) is 65.6 cm³/mol. The highest BCUT2D eigenvalue weighted by molar-refractivity contribution is 7.11. The van der Waals surface area contributed by atoms with Gasteiger partial charge in [0.05, 0.1) is 12.2 Å². The number of nitrogen functional groups attached to an aromatic ring is 1. The van der Waals surface area contributed by atoms with Gasteiger partial charge in [-0.2, -0.15) is 5.10 Å².